The van der Waals surface area contributed by atoms with E-state index in [0.29, 0.717) is 39.0 Å². The second-order valence-electron chi connectivity index (χ2n) is 14.1. The second-order valence-corrected chi connectivity index (χ2v) is 14.1. The normalized spacial score (nSPS) is 23.8. The molecule has 2 N–H and O–H groups in total. The summed E-state index contributed by atoms with van der Waals surface area (Å²) >= 11 is 0. The summed E-state index contributed by atoms with van der Waals surface area (Å²) in [4.78, 5) is 48.0. The van der Waals surface area contributed by atoms with Crippen LogP contribution in [0.15, 0.2) is 48.7 Å². The number of nitrogens with one attached hydrogen (secondary N) is 2. The standard InChI is InChI=1S/C37H50FN7O3/c1-25-6-8-26(9-7-25)19-28-21-33(35(46)40-22-27-10-11-32-29(20-27)23-41-43(32)3)45(24-28)37(48)34-31(5-4-15-39-34)36(47)42(2)30-12-16-44(17-13-30)18-14-38/h6-11,20,23,28,30-31,33-34,39H,4-5,12-19,21-22,24H2,1-3H3,(H,40,46)/t28-,31+,33+,34-/m1/s1. The number of alkyl halides is 1. The van der Waals surface area contributed by atoms with Crippen molar-refractivity contribution in [1.82, 2.24) is 35.1 Å². The molecule has 258 valence electrons. The molecule has 0 spiro atoms. The number of hydrogen-bond donors (Lipinski definition) is 2. The van der Waals surface area contributed by atoms with Crippen LogP contribution in [0.3, 0.4) is 0 Å². The molecule has 48 heavy (non-hydrogen) atoms. The van der Waals surface area contributed by atoms with Gasteiger partial charge in [0.25, 0.3) is 0 Å². The molecule has 3 fully saturated rings. The minimum absolute atomic E-state index is 0.0216. The van der Waals surface area contributed by atoms with E-state index in [1.807, 2.05) is 48.1 Å². The van der Waals surface area contributed by atoms with Gasteiger partial charge in [-0.05, 0) is 81.2 Å². The number of fused-ring (bicyclic) bond motifs is 1. The molecule has 3 amide bonds. The molecule has 6 rings (SSSR count). The quantitative estimate of drug-likeness (QED) is 0.347. The molecule has 10 nitrogen and oxygen atoms in total. The SMILES string of the molecule is Cc1ccc(C[C@@H]2C[C@@H](C(=O)NCc3ccc4c(cnn4C)c3)N(C(=O)[C@@H]3NCCC[C@@H]3C(=O)N(C)C3CCN(CCF)CC3)C2)cc1. The molecule has 0 radical (unpaired) electrons. The predicted molar refractivity (Wildman–Crippen MR) is 184 cm³/mol. The van der Waals surface area contributed by atoms with Crippen LogP contribution < -0.4 is 10.6 Å². The first-order valence-corrected chi connectivity index (χ1v) is 17.5. The Bertz CT molecular complexity index is 1590. The first-order chi connectivity index (χ1) is 23.2. The number of halogens is 1. The summed E-state index contributed by atoms with van der Waals surface area (Å²) in [6.45, 7) is 5.13. The molecule has 0 aliphatic carbocycles. The van der Waals surface area contributed by atoms with Crippen molar-refractivity contribution in [3.63, 3.8) is 0 Å². The molecule has 0 bridgehead atoms. The third-order valence-electron chi connectivity index (χ3n) is 10.8. The van der Waals surface area contributed by atoms with E-state index in [-0.39, 0.29) is 36.4 Å². The lowest BCUT2D eigenvalue weighted by Gasteiger charge is -2.40. The molecule has 3 aromatic rings. The summed E-state index contributed by atoms with van der Waals surface area (Å²) < 4.78 is 14.7. The van der Waals surface area contributed by atoms with Gasteiger partial charge in [-0.1, -0.05) is 35.9 Å². The lowest BCUT2D eigenvalue weighted by atomic mass is 9.87. The average Bonchev–Trinajstić information content (AvgIpc) is 3.70. The molecule has 11 heteroatoms. The first kappa shape index (κ1) is 34.0. The highest BCUT2D eigenvalue weighted by molar-refractivity contribution is 5.94. The van der Waals surface area contributed by atoms with Crippen molar-refractivity contribution >= 4 is 28.6 Å². The maximum absolute atomic E-state index is 14.5. The van der Waals surface area contributed by atoms with Gasteiger partial charge in [0, 0.05) is 58.2 Å². The largest absolute Gasteiger partial charge is 0.350 e. The van der Waals surface area contributed by atoms with Crippen LogP contribution in [0.5, 0.6) is 0 Å². The molecular formula is C37H50FN7O3. The Labute approximate surface area is 283 Å². The number of benzene rings is 2. The number of hydrogen-bond acceptors (Lipinski definition) is 6. The number of carbonyl (C=O) groups is 3. The van der Waals surface area contributed by atoms with Crippen molar-refractivity contribution in [2.75, 3.05) is 46.4 Å². The number of likely N-dealkylation sites (tertiary alicyclic amines) is 2. The molecule has 3 aliphatic rings. The Kier molecular flexibility index (Phi) is 10.8. The number of nitrogens with zero attached hydrogens (tertiary/aromatic N) is 5. The summed E-state index contributed by atoms with van der Waals surface area (Å²) in [6, 6.07) is 13.2. The molecule has 3 aliphatic heterocycles. The summed E-state index contributed by atoms with van der Waals surface area (Å²) in [5, 5.41) is 11.8. The molecule has 2 aromatic carbocycles. The molecule has 0 saturated carbocycles. The van der Waals surface area contributed by atoms with Gasteiger partial charge in [-0.3, -0.25) is 19.1 Å². The minimum Gasteiger partial charge on any atom is -0.350 e. The van der Waals surface area contributed by atoms with Gasteiger partial charge in [-0.15, -0.1) is 0 Å². The van der Waals surface area contributed by atoms with Gasteiger partial charge in [0.1, 0.15) is 12.7 Å². The van der Waals surface area contributed by atoms with Crippen LogP contribution in [0, 0.1) is 18.8 Å². The van der Waals surface area contributed by atoms with Gasteiger partial charge in [0.2, 0.25) is 17.7 Å². The third kappa shape index (κ3) is 7.57. The Hall–Kier alpha value is -3.83. The molecule has 0 unspecified atom stereocenters. The monoisotopic (exact) mass is 659 g/mol. The molecule has 1 aromatic heterocycles. The van der Waals surface area contributed by atoms with Crippen molar-refractivity contribution in [3.05, 3.63) is 65.4 Å². The van der Waals surface area contributed by atoms with Crippen LogP contribution in [0.25, 0.3) is 10.9 Å². The predicted octanol–water partition coefficient (Wildman–Crippen LogP) is 3.22. The number of amides is 3. The Morgan fingerprint density at radius 2 is 1.81 bits per heavy atom. The molecule has 4 atom stereocenters. The number of aromatic nitrogens is 2. The average molecular weight is 660 g/mol. The fourth-order valence-electron chi connectivity index (χ4n) is 7.93. The van der Waals surface area contributed by atoms with Crippen molar-refractivity contribution in [2.45, 2.75) is 70.1 Å². The topological polar surface area (TPSA) is 103 Å². The van der Waals surface area contributed by atoms with E-state index < -0.39 is 18.0 Å². The zero-order valence-corrected chi connectivity index (χ0v) is 28.5. The number of carbonyl (C=O) groups excluding carboxylic acids is 3. The summed E-state index contributed by atoms with van der Waals surface area (Å²) in [6.07, 6.45) is 6.18. The lowest BCUT2D eigenvalue weighted by Crippen LogP contribution is -2.60. The van der Waals surface area contributed by atoms with Crippen molar-refractivity contribution in [2.24, 2.45) is 18.9 Å². The van der Waals surface area contributed by atoms with Gasteiger partial charge < -0.3 is 25.3 Å². The van der Waals surface area contributed by atoms with Gasteiger partial charge >= 0.3 is 0 Å². The molecule has 3 saturated heterocycles. The maximum atomic E-state index is 14.5. The molecule has 4 heterocycles. The van der Waals surface area contributed by atoms with Gasteiger partial charge in [0.05, 0.1) is 23.7 Å². The Morgan fingerprint density at radius 1 is 1.06 bits per heavy atom. The van der Waals surface area contributed by atoms with Crippen molar-refractivity contribution in [1.29, 1.82) is 0 Å². The van der Waals surface area contributed by atoms with Crippen LogP contribution in [-0.2, 0) is 34.4 Å². The van der Waals surface area contributed by atoms with E-state index in [1.165, 1.54) is 11.1 Å². The summed E-state index contributed by atoms with van der Waals surface area (Å²) in [5.41, 5.74) is 4.37. The fraction of sp³-hybridized carbons (Fsp3) is 0.568. The highest BCUT2D eigenvalue weighted by Gasteiger charge is 2.46. The van der Waals surface area contributed by atoms with Crippen molar-refractivity contribution in [3.8, 4) is 0 Å². The number of piperidine rings is 2. The van der Waals surface area contributed by atoms with Crippen LogP contribution in [0.4, 0.5) is 4.39 Å². The van der Waals surface area contributed by atoms with E-state index >= 15 is 0 Å². The Balaban J connectivity index is 1.17. The zero-order valence-electron chi connectivity index (χ0n) is 28.5. The third-order valence-corrected chi connectivity index (χ3v) is 10.8. The van der Waals surface area contributed by atoms with E-state index in [1.54, 1.807) is 4.90 Å². The van der Waals surface area contributed by atoms with Gasteiger partial charge in [0.15, 0.2) is 0 Å². The first-order valence-electron chi connectivity index (χ1n) is 17.5. The van der Waals surface area contributed by atoms with Crippen molar-refractivity contribution < 1.29 is 18.8 Å². The maximum Gasteiger partial charge on any atom is 0.243 e. The summed E-state index contributed by atoms with van der Waals surface area (Å²) in [5.74, 6) is -0.730. The summed E-state index contributed by atoms with van der Waals surface area (Å²) in [7, 11) is 3.75. The van der Waals surface area contributed by atoms with E-state index in [4.69, 9.17) is 0 Å². The highest BCUT2D eigenvalue weighted by Crippen LogP contribution is 2.31. The Morgan fingerprint density at radius 3 is 2.56 bits per heavy atom. The smallest absolute Gasteiger partial charge is 0.243 e. The van der Waals surface area contributed by atoms with Gasteiger partial charge in [-0.25, -0.2) is 4.39 Å². The minimum atomic E-state index is -0.679. The van der Waals surface area contributed by atoms with E-state index in [9.17, 15) is 18.8 Å². The fourth-order valence-corrected chi connectivity index (χ4v) is 7.93. The van der Waals surface area contributed by atoms with E-state index in [0.717, 1.165) is 55.2 Å². The van der Waals surface area contributed by atoms with E-state index in [2.05, 4.69) is 51.8 Å². The zero-order chi connectivity index (χ0) is 33.8. The second kappa shape index (κ2) is 15.2. The number of rotatable bonds is 10. The van der Waals surface area contributed by atoms with Crippen LogP contribution >= 0.6 is 0 Å². The molecular weight excluding hydrogens is 609 g/mol. The van der Waals surface area contributed by atoms with Crippen LogP contribution in [-0.4, -0.2) is 107 Å². The number of aryl methyl sites for hydroxylation is 2. The van der Waals surface area contributed by atoms with Crippen LogP contribution in [0.2, 0.25) is 0 Å². The van der Waals surface area contributed by atoms with Crippen LogP contribution in [0.1, 0.15) is 48.8 Å². The highest BCUT2D eigenvalue weighted by atomic mass is 19.1. The lowest BCUT2D eigenvalue weighted by molar-refractivity contribution is -0.148. The van der Waals surface area contributed by atoms with Gasteiger partial charge in [-0.2, -0.15) is 5.10 Å².